The molecule has 0 atom stereocenters. The molecule has 1 radical (unpaired) electrons. The van der Waals surface area contributed by atoms with Crippen molar-refractivity contribution in [3.63, 3.8) is 0 Å². The summed E-state index contributed by atoms with van der Waals surface area (Å²) in [5.74, 6) is 0. The van der Waals surface area contributed by atoms with Crippen LogP contribution in [0.5, 0.6) is 0 Å². The lowest BCUT2D eigenvalue weighted by molar-refractivity contribution is 0.251. The predicted octanol–water partition coefficient (Wildman–Crippen LogP) is 2.02. The van der Waals surface area contributed by atoms with E-state index < -0.39 is 0 Å². The molecule has 0 amide bonds. The van der Waals surface area contributed by atoms with Crippen molar-refractivity contribution in [3.8, 4) is 0 Å². The van der Waals surface area contributed by atoms with E-state index in [9.17, 15) is 0 Å². The van der Waals surface area contributed by atoms with Crippen LogP contribution >= 0.6 is 0 Å². The van der Waals surface area contributed by atoms with Crippen LogP contribution in [0.15, 0.2) is 18.2 Å². The summed E-state index contributed by atoms with van der Waals surface area (Å²) < 4.78 is 0. The number of nitrogens with zero attached hydrogens (tertiary/aromatic N) is 1. The standard InChI is InChI=1S/C10H16N/c1-2-3-5-8-11-9-6-4-7-10-11/h1-3,5H,4,6-10H2/b2-1?,5-3+. The van der Waals surface area contributed by atoms with Crippen molar-refractivity contribution in [3.05, 3.63) is 24.8 Å². The summed E-state index contributed by atoms with van der Waals surface area (Å²) >= 11 is 0. The van der Waals surface area contributed by atoms with Gasteiger partial charge >= 0.3 is 0 Å². The van der Waals surface area contributed by atoms with Gasteiger partial charge in [-0.25, -0.2) is 0 Å². The molecule has 11 heavy (non-hydrogen) atoms. The minimum atomic E-state index is 1.06. The molecule has 0 unspecified atom stereocenters. The van der Waals surface area contributed by atoms with E-state index in [4.69, 9.17) is 6.58 Å². The Morgan fingerprint density at radius 1 is 1.18 bits per heavy atom. The van der Waals surface area contributed by atoms with E-state index in [-0.39, 0.29) is 0 Å². The van der Waals surface area contributed by atoms with Crippen molar-refractivity contribution < 1.29 is 0 Å². The van der Waals surface area contributed by atoms with Crippen molar-refractivity contribution in [1.82, 2.24) is 4.90 Å². The third-order valence-corrected chi connectivity index (χ3v) is 2.06. The first-order chi connectivity index (χ1) is 5.43. The Labute approximate surface area is 69.4 Å². The van der Waals surface area contributed by atoms with Gasteiger partial charge in [0.05, 0.1) is 0 Å². The Balaban J connectivity index is 2.14. The molecule has 1 nitrogen and oxygen atoms in total. The highest BCUT2D eigenvalue weighted by molar-refractivity contribution is 4.97. The molecule has 0 bridgehead atoms. The SMILES string of the molecule is [CH]=C/C=C/CN1CCCCC1. The second-order valence-electron chi connectivity index (χ2n) is 2.98. The summed E-state index contributed by atoms with van der Waals surface area (Å²) in [6.07, 6.45) is 9.74. The third-order valence-electron chi connectivity index (χ3n) is 2.06. The molecule has 1 rings (SSSR count). The molecule has 1 aliphatic rings. The van der Waals surface area contributed by atoms with Gasteiger partial charge in [-0.1, -0.05) is 31.2 Å². The molecule has 0 saturated carbocycles. The molecule has 0 aromatic rings. The van der Waals surface area contributed by atoms with Crippen LogP contribution in [0.1, 0.15) is 19.3 Å². The van der Waals surface area contributed by atoms with Gasteiger partial charge < -0.3 is 0 Å². The maximum absolute atomic E-state index is 5.21. The Morgan fingerprint density at radius 3 is 2.55 bits per heavy atom. The van der Waals surface area contributed by atoms with Crippen molar-refractivity contribution in [1.29, 1.82) is 0 Å². The van der Waals surface area contributed by atoms with Gasteiger partial charge in [0.2, 0.25) is 0 Å². The van der Waals surface area contributed by atoms with Gasteiger partial charge in [-0.2, -0.15) is 0 Å². The molecular formula is C10H16N. The predicted molar refractivity (Wildman–Crippen MR) is 48.3 cm³/mol. The van der Waals surface area contributed by atoms with Gasteiger partial charge in [-0.05, 0) is 25.9 Å². The van der Waals surface area contributed by atoms with Gasteiger partial charge in [-0.15, -0.1) is 0 Å². The van der Waals surface area contributed by atoms with Gasteiger partial charge in [0.1, 0.15) is 0 Å². The fraction of sp³-hybridized carbons (Fsp3) is 0.600. The van der Waals surface area contributed by atoms with Crippen LogP contribution < -0.4 is 0 Å². The zero-order valence-electron chi connectivity index (χ0n) is 7.00. The average molecular weight is 150 g/mol. The van der Waals surface area contributed by atoms with E-state index in [1.165, 1.54) is 32.4 Å². The van der Waals surface area contributed by atoms with E-state index in [2.05, 4.69) is 11.0 Å². The number of likely N-dealkylation sites (tertiary alicyclic amines) is 1. The van der Waals surface area contributed by atoms with E-state index in [0.29, 0.717) is 0 Å². The number of hydrogen-bond acceptors (Lipinski definition) is 1. The summed E-state index contributed by atoms with van der Waals surface area (Å²) in [4.78, 5) is 2.46. The van der Waals surface area contributed by atoms with Crippen LogP contribution in [-0.2, 0) is 0 Å². The van der Waals surface area contributed by atoms with Gasteiger partial charge in [0.15, 0.2) is 0 Å². The average Bonchev–Trinajstić information content (AvgIpc) is 2.07. The van der Waals surface area contributed by atoms with Crippen molar-refractivity contribution in [2.45, 2.75) is 19.3 Å². The van der Waals surface area contributed by atoms with Crippen LogP contribution in [-0.4, -0.2) is 24.5 Å². The van der Waals surface area contributed by atoms with Crippen molar-refractivity contribution >= 4 is 0 Å². The van der Waals surface area contributed by atoms with Crippen LogP contribution in [0.2, 0.25) is 0 Å². The summed E-state index contributed by atoms with van der Waals surface area (Å²) in [5, 5.41) is 0. The summed E-state index contributed by atoms with van der Waals surface area (Å²) in [6.45, 7) is 8.79. The molecule has 0 aliphatic carbocycles. The number of rotatable bonds is 3. The minimum absolute atomic E-state index is 1.06. The quantitative estimate of drug-likeness (QED) is 0.556. The maximum atomic E-state index is 5.21. The van der Waals surface area contributed by atoms with Gasteiger partial charge in [0.25, 0.3) is 0 Å². The summed E-state index contributed by atoms with van der Waals surface area (Å²) in [7, 11) is 0. The van der Waals surface area contributed by atoms with E-state index >= 15 is 0 Å². The van der Waals surface area contributed by atoms with E-state index in [0.717, 1.165) is 6.54 Å². The largest absolute Gasteiger partial charge is 0.300 e. The maximum Gasteiger partial charge on any atom is 0.0166 e. The topological polar surface area (TPSA) is 3.24 Å². The van der Waals surface area contributed by atoms with Gasteiger partial charge in [0, 0.05) is 6.54 Å². The third kappa shape index (κ3) is 3.38. The number of allylic oxidation sites excluding steroid dienone is 2. The zero-order valence-corrected chi connectivity index (χ0v) is 7.00. The van der Waals surface area contributed by atoms with Gasteiger partial charge in [-0.3, -0.25) is 4.90 Å². The Morgan fingerprint density at radius 2 is 1.91 bits per heavy atom. The van der Waals surface area contributed by atoms with Crippen LogP contribution in [0.25, 0.3) is 0 Å². The molecule has 1 heterocycles. The van der Waals surface area contributed by atoms with E-state index in [1.54, 1.807) is 6.08 Å². The molecule has 1 aliphatic heterocycles. The van der Waals surface area contributed by atoms with Crippen LogP contribution in [0, 0.1) is 6.58 Å². The number of hydrogen-bond donors (Lipinski definition) is 0. The van der Waals surface area contributed by atoms with Crippen molar-refractivity contribution in [2.75, 3.05) is 19.6 Å². The first kappa shape index (κ1) is 8.54. The Kier molecular flexibility index (Phi) is 3.99. The molecule has 0 aromatic carbocycles. The fourth-order valence-electron chi connectivity index (χ4n) is 1.43. The molecule has 0 N–H and O–H groups in total. The molecule has 0 spiro atoms. The smallest absolute Gasteiger partial charge is 0.0166 e. The summed E-state index contributed by atoms with van der Waals surface area (Å²) in [5.41, 5.74) is 0. The van der Waals surface area contributed by atoms with Crippen LogP contribution in [0.4, 0.5) is 0 Å². The first-order valence-electron chi connectivity index (χ1n) is 4.36. The Bertz CT molecular complexity index is 132. The highest BCUT2D eigenvalue weighted by Gasteiger charge is 2.06. The molecule has 1 heteroatoms. The molecular weight excluding hydrogens is 134 g/mol. The second-order valence-corrected chi connectivity index (χ2v) is 2.98. The number of piperidine rings is 1. The molecule has 61 valence electrons. The highest BCUT2D eigenvalue weighted by Crippen LogP contribution is 2.07. The lowest BCUT2D eigenvalue weighted by Crippen LogP contribution is -2.29. The van der Waals surface area contributed by atoms with Crippen LogP contribution in [0.3, 0.4) is 0 Å². The molecule has 1 saturated heterocycles. The lowest BCUT2D eigenvalue weighted by atomic mass is 10.1. The first-order valence-corrected chi connectivity index (χ1v) is 4.36. The van der Waals surface area contributed by atoms with Crippen molar-refractivity contribution in [2.24, 2.45) is 0 Å². The fourth-order valence-corrected chi connectivity index (χ4v) is 1.43. The zero-order chi connectivity index (χ0) is 7.94. The minimum Gasteiger partial charge on any atom is -0.300 e. The molecule has 1 fully saturated rings. The van der Waals surface area contributed by atoms with E-state index in [1.807, 2.05) is 6.08 Å². The second kappa shape index (κ2) is 5.14. The monoisotopic (exact) mass is 150 g/mol. The highest BCUT2D eigenvalue weighted by atomic mass is 15.1. The molecule has 0 aromatic heterocycles. The summed E-state index contributed by atoms with van der Waals surface area (Å²) in [6, 6.07) is 0. The Hall–Kier alpha value is -0.560. The lowest BCUT2D eigenvalue weighted by Gasteiger charge is -2.24. The normalized spacial score (nSPS) is 20.7.